The van der Waals surface area contributed by atoms with Gasteiger partial charge in [-0.1, -0.05) is 50.2 Å². The van der Waals surface area contributed by atoms with Crippen molar-refractivity contribution < 1.29 is 9.47 Å². The average Bonchev–Trinajstić information content (AvgIpc) is 2.68. The number of nitrogens with zero attached hydrogens (tertiary/aromatic N) is 1. The molecule has 0 bridgehead atoms. The standard InChI is InChI=1S/C23H33NO2/c1-4-15-24(16-5-2)17-13-21-11-12-22(23(19-21)25-3)26-18-14-20-9-7-6-8-10-20/h6-12,19H,4-5,13-18H2,1-3H3. The quantitative estimate of drug-likeness (QED) is 0.536. The van der Waals surface area contributed by atoms with Crippen LogP contribution in [0.4, 0.5) is 0 Å². The van der Waals surface area contributed by atoms with Crippen LogP contribution in [0.1, 0.15) is 37.8 Å². The summed E-state index contributed by atoms with van der Waals surface area (Å²) in [6, 6.07) is 16.7. The lowest BCUT2D eigenvalue weighted by Crippen LogP contribution is -2.27. The summed E-state index contributed by atoms with van der Waals surface area (Å²) in [5, 5.41) is 0. The van der Waals surface area contributed by atoms with Crippen LogP contribution >= 0.6 is 0 Å². The minimum Gasteiger partial charge on any atom is -0.493 e. The molecular weight excluding hydrogens is 322 g/mol. The van der Waals surface area contributed by atoms with Gasteiger partial charge in [-0.05, 0) is 55.6 Å². The molecule has 0 heterocycles. The lowest BCUT2D eigenvalue weighted by molar-refractivity contribution is 0.277. The Morgan fingerprint density at radius 2 is 1.50 bits per heavy atom. The van der Waals surface area contributed by atoms with Crippen LogP contribution in [0.15, 0.2) is 48.5 Å². The fourth-order valence-corrected chi connectivity index (χ4v) is 3.17. The van der Waals surface area contributed by atoms with Crippen molar-refractivity contribution in [3.63, 3.8) is 0 Å². The zero-order chi connectivity index (χ0) is 18.6. The third-order valence-electron chi connectivity index (χ3n) is 4.52. The van der Waals surface area contributed by atoms with Gasteiger partial charge in [-0.25, -0.2) is 0 Å². The fourth-order valence-electron chi connectivity index (χ4n) is 3.17. The van der Waals surface area contributed by atoms with Gasteiger partial charge in [0, 0.05) is 13.0 Å². The number of benzene rings is 2. The van der Waals surface area contributed by atoms with Crippen LogP contribution < -0.4 is 9.47 Å². The molecule has 0 unspecified atom stereocenters. The smallest absolute Gasteiger partial charge is 0.161 e. The molecule has 2 rings (SSSR count). The van der Waals surface area contributed by atoms with Gasteiger partial charge in [0.2, 0.25) is 0 Å². The highest BCUT2D eigenvalue weighted by atomic mass is 16.5. The summed E-state index contributed by atoms with van der Waals surface area (Å²) in [7, 11) is 1.71. The molecule has 0 aromatic heterocycles. The van der Waals surface area contributed by atoms with Crippen LogP contribution in [0.5, 0.6) is 11.5 Å². The monoisotopic (exact) mass is 355 g/mol. The fraction of sp³-hybridized carbons (Fsp3) is 0.478. The minimum absolute atomic E-state index is 0.653. The molecule has 0 aliphatic heterocycles. The zero-order valence-corrected chi connectivity index (χ0v) is 16.5. The Hall–Kier alpha value is -2.00. The Morgan fingerprint density at radius 3 is 2.15 bits per heavy atom. The second-order valence-electron chi connectivity index (χ2n) is 6.66. The van der Waals surface area contributed by atoms with Crippen LogP contribution in [0.2, 0.25) is 0 Å². The third kappa shape index (κ3) is 6.72. The van der Waals surface area contributed by atoms with E-state index in [1.165, 1.54) is 37.1 Å². The second-order valence-corrected chi connectivity index (χ2v) is 6.66. The number of ether oxygens (including phenoxy) is 2. The maximum atomic E-state index is 5.95. The van der Waals surface area contributed by atoms with Crippen molar-refractivity contribution in [1.82, 2.24) is 4.90 Å². The van der Waals surface area contributed by atoms with Crippen LogP contribution in [0.3, 0.4) is 0 Å². The summed E-state index contributed by atoms with van der Waals surface area (Å²) in [6.45, 7) is 8.58. The van der Waals surface area contributed by atoms with Crippen molar-refractivity contribution in [3.05, 3.63) is 59.7 Å². The van der Waals surface area contributed by atoms with E-state index < -0.39 is 0 Å². The highest BCUT2D eigenvalue weighted by Crippen LogP contribution is 2.28. The van der Waals surface area contributed by atoms with Crippen molar-refractivity contribution in [2.75, 3.05) is 33.4 Å². The molecule has 0 atom stereocenters. The normalized spacial score (nSPS) is 10.9. The zero-order valence-electron chi connectivity index (χ0n) is 16.5. The molecule has 0 saturated heterocycles. The second kappa shape index (κ2) is 11.6. The van der Waals surface area contributed by atoms with Crippen LogP contribution in [0, 0.1) is 0 Å². The van der Waals surface area contributed by atoms with E-state index in [1.807, 2.05) is 12.1 Å². The van der Waals surface area contributed by atoms with Crippen molar-refractivity contribution >= 4 is 0 Å². The Balaban J connectivity index is 1.89. The summed E-state index contributed by atoms with van der Waals surface area (Å²) in [6.07, 6.45) is 4.35. The number of rotatable bonds is 12. The van der Waals surface area contributed by atoms with Crippen LogP contribution in [-0.2, 0) is 12.8 Å². The van der Waals surface area contributed by atoms with Crippen molar-refractivity contribution in [1.29, 1.82) is 0 Å². The molecular formula is C23H33NO2. The van der Waals surface area contributed by atoms with E-state index in [0.717, 1.165) is 30.9 Å². The van der Waals surface area contributed by atoms with Gasteiger partial charge in [0.15, 0.2) is 11.5 Å². The first-order chi connectivity index (χ1) is 12.8. The summed E-state index contributed by atoms with van der Waals surface area (Å²) in [5.41, 5.74) is 2.59. The van der Waals surface area contributed by atoms with Gasteiger partial charge < -0.3 is 14.4 Å². The van der Waals surface area contributed by atoms with E-state index in [-0.39, 0.29) is 0 Å². The molecule has 0 saturated carbocycles. The van der Waals surface area contributed by atoms with E-state index in [9.17, 15) is 0 Å². The molecule has 0 amide bonds. The van der Waals surface area contributed by atoms with Crippen LogP contribution in [0.25, 0.3) is 0 Å². The first kappa shape index (κ1) is 20.3. The van der Waals surface area contributed by atoms with Gasteiger partial charge in [0.05, 0.1) is 13.7 Å². The highest BCUT2D eigenvalue weighted by Gasteiger charge is 2.08. The first-order valence-electron chi connectivity index (χ1n) is 9.82. The molecule has 3 nitrogen and oxygen atoms in total. The summed E-state index contributed by atoms with van der Waals surface area (Å²) >= 11 is 0. The van der Waals surface area contributed by atoms with Gasteiger partial charge in [-0.2, -0.15) is 0 Å². The molecule has 3 heteroatoms. The minimum atomic E-state index is 0.653. The lowest BCUT2D eigenvalue weighted by atomic mass is 10.1. The van der Waals surface area contributed by atoms with E-state index >= 15 is 0 Å². The largest absolute Gasteiger partial charge is 0.493 e. The van der Waals surface area contributed by atoms with Gasteiger partial charge in [-0.3, -0.25) is 0 Å². The van der Waals surface area contributed by atoms with Gasteiger partial charge in [0.1, 0.15) is 0 Å². The molecule has 0 N–H and O–H groups in total. The Labute approximate surface area is 158 Å². The summed E-state index contributed by atoms with van der Waals surface area (Å²) in [5.74, 6) is 1.65. The molecule has 2 aromatic carbocycles. The molecule has 0 aliphatic rings. The van der Waals surface area contributed by atoms with Gasteiger partial charge >= 0.3 is 0 Å². The van der Waals surface area contributed by atoms with E-state index in [4.69, 9.17) is 9.47 Å². The molecule has 0 fully saturated rings. The summed E-state index contributed by atoms with van der Waals surface area (Å²) < 4.78 is 11.5. The van der Waals surface area contributed by atoms with Crippen molar-refractivity contribution in [3.8, 4) is 11.5 Å². The maximum Gasteiger partial charge on any atom is 0.161 e. The number of methoxy groups -OCH3 is 1. The molecule has 0 spiro atoms. The SMILES string of the molecule is CCCN(CCC)CCc1ccc(OCCc2ccccc2)c(OC)c1. The van der Waals surface area contributed by atoms with Crippen LogP contribution in [-0.4, -0.2) is 38.3 Å². The third-order valence-corrected chi connectivity index (χ3v) is 4.52. The lowest BCUT2D eigenvalue weighted by Gasteiger charge is -2.21. The van der Waals surface area contributed by atoms with E-state index in [0.29, 0.717) is 6.61 Å². The molecule has 142 valence electrons. The van der Waals surface area contributed by atoms with E-state index in [1.54, 1.807) is 7.11 Å². The average molecular weight is 356 g/mol. The topological polar surface area (TPSA) is 21.7 Å². The Kier molecular flexibility index (Phi) is 9.05. The highest BCUT2D eigenvalue weighted by molar-refractivity contribution is 5.43. The predicted molar refractivity (Wildman–Crippen MR) is 109 cm³/mol. The Morgan fingerprint density at radius 1 is 0.769 bits per heavy atom. The molecule has 0 radical (unpaired) electrons. The summed E-state index contributed by atoms with van der Waals surface area (Å²) in [4.78, 5) is 2.54. The van der Waals surface area contributed by atoms with Crippen molar-refractivity contribution in [2.24, 2.45) is 0 Å². The number of hydrogen-bond donors (Lipinski definition) is 0. The van der Waals surface area contributed by atoms with E-state index in [2.05, 4.69) is 55.1 Å². The maximum absolute atomic E-state index is 5.95. The molecule has 2 aromatic rings. The Bertz CT molecular complexity index is 621. The molecule has 0 aliphatic carbocycles. The first-order valence-corrected chi connectivity index (χ1v) is 9.82. The predicted octanol–water partition coefficient (Wildman–Crippen LogP) is 4.98. The molecule has 26 heavy (non-hydrogen) atoms. The number of hydrogen-bond acceptors (Lipinski definition) is 3. The van der Waals surface area contributed by atoms with Gasteiger partial charge in [-0.15, -0.1) is 0 Å². The van der Waals surface area contributed by atoms with Gasteiger partial charge in [0.25, 0.3) is 0 Å². The van der Waals surface area contributed by atoms with Crippen molar-refractivity contribution in [2.45, 2.75) is 39.5 Å².